The number of halogens is 2. The lowest BCUT2D eigenvalue weighted by Gasteiger charge is -2.37. The first-order valence-electron chi connectivity index (χ1n) is 10.4. The molecule has 0 fully saturated rings. The molecule has 2 aromatic carbocycles. The summed E-state index contributed by atoms with van der Waals surface area (Å²) in [5.41, 5.74) is 0.961. The lowest BCUT2D eigenvalue weighted by molar-refractivity contribution is 0.138. The first kappa shape index (κ1) is 23.0. The fourth-order valence-electron chi connectivity index (χ4n) is 4.03. The smallest absolute Gasteiger partial charge is 0.159 e. The van der Waals surface area contributed by atoms with Crippen LogP contribution in [0.5, 0.6) is 0 Å². The molecular weight excluding hydrogens is 366 g/mol. The molecule has 2 rings (SSSR count). The Morgan fingerprint density at radius 1 is 0.966 bits per heavy atom. The first-order chi connectivity index (χ1) is 13.7. The van der Waals surface area contributed by atoms with Gasteiger partial charge in [-0.25, -0.2) is 8.78 Å². The largest absolute Gasteiger partial charge is 0.294 e. The number of nitriles is 1. The van der Waals surface area contributed by atoms with E-state index in [4.69, 9.17) is 0 Å². The average molecular weight is 399 g/mol. The minimum absolute atomic E-state index is 0.0221. The second-order valence-electron chi connectivity index (χ2n) is 8.51. The van der Waals surface area contributed by atoms with Crippen molar-refractivity contribution in [2.75, 3.05) is 0 Å². The van der Waals surface area contributed by atoms with Crippen molar-refractivity contribution in [1.82, 2.24) is 4.90 Å². The van der Waals surface area contributed by atoms with Gasteiger partial charge in [0.25, 0.3) is 0 Å². The fourth-order valence-corrected chi connectivity index (χ4v) is 4.03. The van der Waals surface area contributed by atoms with Crippen molar-refractivity contribution in [2.45, 2.75) is 71.5 Å². The third kappa shape index (κ3) is 5.42. The quantitative estimate of drug-likeness (QED) is 0.484. The van der Waals surface area contributed by atoms with E-state index in [1.54, 1.807) is 6.07 Å². The highest BCUT2D eigenvalue weighted by Crippen LogP contribution is 2.38. The minimum atomic E-state index is -0.899. The van der Waals surface area contributed by atoms with Gasteiger partial charge >= 0.3 is 0 Å². The normalized spacial score (nSPS) is 14.8. The maximum absolute atomic E-state index is 13.9. The molecule has 0 aliphatic heterocycles. The lowest BCUT2D eigenvalue weighted by atomic mass is 9.69. The highest BCUT2D eigenvalue weighted by molar-refractivity contribution is 5.34. The Kier molecular flexibility index (Phi) is 7.93. The van der Waals surface area contributed by atoms with Crippen LogP contribution in [-0.4, -0.2) is 17.0 Å². The van der Waals surface area contributed by atoms with E-state index in [2.05, 4.69) is 43.9 Å². The van der Waals surface area contributed by atoms with Gasteiger partial charge in [0.15, 0.2) is 11.6 Å². The summed E-state index contributed by atoms with van der Waals surface area (Å²) in [6.45, 7) is 11.3. The van der Waals surface area contributed by atoms with Crippen LogP contribution >= 0.6 is 0 Å². The van der Waals surface area contributed by atoms with Crippen LogP contribution in [0.25, 0.3) is 0 Å². The van der Waals surface area contributed by atoms with Gasteiger partial charge in [0.2, 0.25) is 0 Å². The van der Waals surface area contributed by atoms with Crippen molar-refractivity contribution in [2.24, 2.45) is 5.92 Å². The summed E-state index contributed by atoms with van der Waals surface area (Å²) >= 11 is 0. The van der Waals surface area contributed by atoms with E-state index in [0.29, 0.717) is 18.0 Å². The zero-order chi connectivity index (χ0) is 21.6. The van der Waals surface area contributed by atoms with Gasteiger partial charge in [-0.2, -0.15) is 5.26 Å². The second-order valence-corrected chi connectivity index (χ2v) is 8.51. The molecule has 2 atom stereocenters. The molecule has 2 aromatic rings. The van der Waals surface area contributed by atoms with Gasteiger partial charge in [-0.15, -0.1) is 0 Å². The molecule has 0 aromatic heterocycles. The second kappa shape index (κ2) is 9.98. The van der Waals surface area contributed by atoms with E-state index >= 15 is 0 Å². The summed E-state index contributed by atoms with van der Waals surface area (Å²) in [6, 6.07) is 17.2. The summed E-state index contributed by atoms with van der Waals surface area (Å²) in [5, 5.41) is 10.1. The Morgan fingerprint density at radius 2 is 1.62 bits per heavy atom. The Balaban J connectivity index is 2.22. The third-order valence-electron chi connectivity index (χ3n) is 6.01. The molecule has 29 heavy (non-hydrogen) atoms. The molecule has 0 saturated heterocycles. The van der Waals surface area contributed by atoms with Crippen molar-refractivity contribution < 1.29 is 8.78 Å². The summed E-state index contributed by atoms with van der Waals surface area (Å²) in [6.07, 6.45) is 1.38. The zero-order valence-corrected chi connectivity index (χ0v) is 18.1. The topological polar surface area (TPSA) is 27.0 Å². The lowest BCUT2D eigenvalue weighted by Crippen LogP contribution is -2.40. The number of hydrogen-bond acceptors (Lipinski definition) is 2. The van der Waals surface area contributed by atoms with Gasteiger partial charge in [0, 0.05) is 18.6 Å². The van der Waals surface area contributed by atoms with Crippen LogP contribution in [-0.2, 0) is 12.0 Å². The van der Waals surface area contributed by atoms with Gasteiger partial charge < -0.3 is 0 Å². The van der Waals surface area contributed by atoms with Crippen molar-refractivity contribution in [3.63, 3.8) is 0 Å². The van der Waals surface area contributed by atoms with Gasteiger partial charge in [-0.3, -0.25) is 4.90 Å². The monoisotopic (exact) mass is 398 g/mol. The van der Waals surface area contributed by atoms with Crippen LogP contribution in [0.3, 0.4) is 0 Å². The molecule has 0 amide bonds. The summed E-state index contributed by atoms with van der Waals surface area (Å²) < 4.78 is 27.3. The van der Waals surface area contributed by atoms with Crippen molar-refractivity contribution in [3.05, 3.63) is 71.3 Å². The van der Waals surface area contributed by atoms with E-state index in [1.165, 1.54) is 11.6 Å². The maximum atomic E-state index is 13.9. The molecule has 0 spiro atoms. The first-order valence-corrected chi connectivity index (χ1v) is 10.4. The predicted octanol–water partition coefficient (Wildman–Crippen LogP) is 6.46. The SMILES string of the molecule is CC(C)N(Cc1ccccc1)C(C)CCC(C#N)(c1ccc(F)c(F)c1)C(C)C. The van der Waals surface area contributed by atoms with Crippen molar-refractivity contribution >= 4 is 0 Å². The molecule has 0 aliphatic carbocycles. The van der Waals surface area contributed by atoms with Crippen LogP contribution < -0.4 is 0 Å². The van der Waals surface area contributed by atoms with Crippen LogP contribution in [0.1, 0.15) is 58.6 Å². The van der Waals surface area contributed by atoms with Crippen molar-refractivity contribution in [3.8, 4) is 6.07 Å². The van der Waals surface area contributed by atoms with E-state index in [9.17, 15) is 14.0 Å². The van der Waals surface area contributed by atoms with Gasteiger partial charge in [0.1, 0.15) is 0 Å². The molecular formula is C25H32F2N2. The molecule has 4 heteroatoms. The average Bonchev–Trinajstić information content (AvgIpc) is 2.69. The number of benzene rings is 2. The molecule has 0 bridgehead atoms. The molecule has 0 heterocycles. The van der Waals surface area contributed by atoms with E-state index in [1.807, 2.05) is 32.0 Å². The minimum Gasteiger partial charge on any atom is -0.294 e. The number of nitrogens with zero attached hydrogens (tertiary/aromatic N) is 2. The Morgan fingerprint density at radius 3 is 2.14 bits per heavy atom. The molecule has 2 unspecified atom stereocenters. The molecule has 0 saturated carbocycles. The summed E-state index contributed by atoms with van der Waals surface area (Å²) in [5.74, 6) is -1.80. The van der Waals surface area contributed by atoms with Crippen LogP contribution in [0, 0.1) is 28.9 Å². The van der Waals surface area contributed by atoms with Gasteiger partial charge in [0.05, 0.1) is 11.5 Å². The third-order valence-corrected chi connectivity index (χ3v) is 6.01. The van der Waals surface area contributed by atoms with Crippen LogP contribution in [0.15, 0.2) is 48.5 Å². The highest BCUT2D eigenvalue weighted by Gasteiger charge is 2.37. The van der Waals surface area contributed by atoms with Crippen LogP contribution in [0.2, 0.25) is 0 Å². The molecule has 0 aliphatic rings. The van der Waals surface area contributed by atoms with E-state index in [0.717, 1.165) is 19.0 Å². The fraction of sp³-hybridized carbons (Fsp3) is 0.480. The number of hydrogen-bond donors (Lipinski definition) is 0. The van der Waals surface area contributed by atoms with E-state index in [-0.39, 0.29) is 12.0 Å². The molecule has 0 N–H and O–H groups in total. The highest BCUT2D eigenvalue weighted by atomic mass is 19.2. The molecule has 0 radical (unpaired) electrons. The molecule has 156 valence electrons. The number of rotatable bonds is 9. The predicted molar refractivity (Wildman–Crippen MR) is 114 cm³/mol. The van der Waals surface area contributed by atoms with Gasteiger partial charge in [-0.1, -0.05) is 50.2 Å². The Labute approximate surface area is 174 Å². The summed E-state index contributed by atoms with van der Waals surface area (Å²) in [4.78, 5) is 2.42. The maximum Gasteiger partial charge on any atom is 0.159 e. The Bertz CT molecular complexity index is 826. The standard InChI is InChI=1S/C25H32F2N2/c1-18(2)25(17-28,22-11-12-23(26)24(27)15-22)14-13-20(5)29(19(3)4)16-21-9-7-6-8-10-21/h6-12,15,18-20H,13-14,16H2,1-5H3. The zero-order valence-electron chi connectivity index (χ0n) is 18.1. The summed E-state index contributed by atoms with van der Waals surface area (Å²) in [7, 11) is 0. The Hall–Kier alpha value is -2.25. The van der Waals surface area contributed by atoms with Gasteiger partial charge in [-0.05, 0) is 62.8 Å². The van der Waals surface area contributed by atoms with Crippen LogP contribution in [0.4, 0.5) is 8.78 Å². The van der Waals surface area contributed by atoms with E-state index < -0.39 is 17.0 Å². The van der Waals surface area contributed by atoms with Crippen molar-refractivity contribution in [1.29, 1.82) is 5.26 Å². The molecule has 2 nitrogen and oxygen atoms in total.